The molecule has 0 radical (unpaired) electrons. The Morgan fingerprint density at radius 2 is 2.10 bits per heavy atom. The Morgan fingerprint density at radius 1 is 1.35 bits per heavy atom. The number of aromatic nitrogens is 2. The second kappa shape index (κ2) is 5.90. The standard InChI is InChI=1S/C16H20N2O2/c1-11(2)18-8-7-14(17-18)10-20-16-9-12(3)5-6-15(16)13(4)19/h5-9,11H,10H2,1-4H3. The lowest BCUT2D eigenvalue weighted by molar-refractivity contribution is 0.101. The highest BCUT2D eigenvalue weighted by atomic mass is 16.5. The summed E-state index contributed by atoms with van der Waals surface area (Å²) in [6, 6.07) is 7.87. The van der Waals surface area contributed by atoms with Crippen molar-refractivity contribution >= 4 is 5.78 Å². The summed E-state index contributed by atoms with van der Waals surface area (Å²) in [5.41, 5.74) is 2.53. The van der Waals surface area contributed by atoms with E-state index in [1.54, 1.807) is 13.0 Å². The van der Waals surface area contributed by atoms with E-state index < -0.39 is 0 Å². The Morgan fingerprint density at radius 3 is 2.70 bits per heavy atom. The number of carbonyl (C=O) groups is 1. The molecule has 0 spiro atoms. The van der Waals surface area contributed by atoms with Crippen LogP contribution in [-0.2, 0) is 6.61 Å². The summed E-state index contributed by atoms with van der Waals surface area (Å²) in [4.78, 5) is 11.6. The molecule has 4 nitrogen and oxygen atoms in total. The van der Waals surface area contributed by atoms with Gasteiger partial charge in [0.1, 0.15) is 12.4 Å². The van der Waals surface area contributed by atoms with Crippen molar-refractivity contribution in [1.29, 1.82) is 0 Å². The van der Waals surface area contributed by atoms with Gasteiger partial charge in [0.25, 0.3) is 0 Å². The topological polar surface area (TPSA) is 44.1 Å². The monoisotopic (exact) mass is 272 g/mol. The summed E-state index contributed by atoms with van der Waals surface area (Å²) < 4.78 is 7.65. The van der Waals surface area contributed by atoms with Crippen molar-refractivity contribution in [1.82, 2.24) is 9.78 Å². The quantitative estimate of drug-likeness (QED) is 0.782. The van der Waals surface area contributed by atoms with Gasteiger partial charge in [0.2, 0.25) is 0 Å². The number of carbonyl (C=O) groups excluding carboxylic acids is 1. The zero-order valence-corrected chi connectivity index (χ0v) is 12.4. The predicted molar refractivity (Wildman–Crippen MR) is 78.1 cm³/mol. The van der Waals surface area contributed by atoms with Crippen molar-refractivity contribution in [2.45, 2.75) is 40.3 Å². The third-order valence-electron chi connectivity index (χ3n) is 3.08. The molecule has 0 aliphatic rings. The number of hydrogen-bond donors (Lipinski definition) is 0. The summed E-state index contributed by atoms with van der Waals surface area (Å²) in [5, 5.41) is 4.43. The van der Waals surface area contributed by atoms with E-state index in [0.717, 1.165) is 11.3 Å². The highest BCUT2D eigenvalue weighted by Gasteiger charge is 2.10. The van der Waals surface area contributed by atoms with E-state index in [-0.39, 0.29) is 5.78 Å². The number of ketones is 1. The lowest BCUT2D eigenvalue weighted by Crippen LogP contribution is -2.05. The Bertz CT molecular complexity index is 615. The maximum Gasteiger partial charge on any atom is 0.163 e. The van der Waals surface area contributed by atoms with Crippen LogP contribution >= 0.6 is 0 Å². The second-order valence-electron chi connectivity index (χ2n) is 5.23. The van der Waals surface area contributed by atoms with Gasteiger partial charge in [-0.25, -0.2) is 0 Å². The Balaban J connectivity index is 2.13. The first-order valence-corrected chi connectivity index (χ1v) is 6.76. The number of ether oxygens (including phenoxy) is 1. The Hall–Kier alpha value is -2.10. The molecule has 0 aliphatic heterocycles. The number of hydrogen-bond acceptors (Lipinski definition) is 3. The molecule has 0 amide bonds. The molecule has 0 N–H and O–H groups in total. The summed E-state index contributed by atoms with van der Waals surface area (Å²) in [6.07, 6.45) is 1.94. The molecule has 1 heterocycles. The first-order valence-electron chi connectivity index (χ1n) is 6.76. The summed E-state index contributed by atoms with van der Waals surface area (Å²) in [7, 11) is 0. The molecule has 1 aromatic carbocycles. The Kier molecular flexibility index (Phi) is 4.23. The molecule has 0 atom stereocenters. The van der Waals surface area contributed by atoms with Crippen LogP contribution in [0.15, 0.2) is 30.5 Å². The highest BCUT2D eigenvalue weighted by Crippen LogP contribution is 2.22. The number of benzene rings is 1. The molecular weight excluding hydrogens is 252 g/mol. The van der Waals surface area contributed by atoms with Crippen LogP contribution < -0.4 is 4.74 Å². The largest absolute Gasteiger partial charge is 0.486 e. The molecule has 1 aromatic heterocycles. The van der Waals surface area contributed by atoms with Gasteiger partial charge in [-0.05, 0) is 51.5 Å². The van der Waals surface area contributed by atoms with E-state index >= 15 is 0 Å². The van der Waals surface area contributed by atoms with Gasteiger partial charge in [-0.1, -0.05) is 6.07 Å². The first kappa shape index (κ1) is 14.3. The van der Waals surface area contributed by atoms with Crippen LogP contribution in [0.4, 0.5) is 0 Å². The van der Waals surface area contributed by atoms with Crippen LogP contribution in [0.25, 0.3) is 0 Å². The van der Waals surface area contributed by atoms with Crippen molar-refractivity contribution < 1.29 is 9.53 Å². The van der Waals surface area contributed by atoms with E-state index in [0.29, 0.717) is 24.0 Å². The van der Waals surface area contributed by atoms with Crippen LogP contribution in [0, 0.1) is 6.92 Å². The van der Waals surface area contributed by atoms with Crippen molar-refractivity contribution in [2.24, 2.45) is 0 Å². The molecule has 0 saturated heterocycles. The zero-order chi connectivity index (χ0) is 14.7. The molecular formula is C16H20N2O2. The van der Waals surface area contributed by atoms with Gasteiger partial charge in [0, 0.05) is 12.2 Å². The van der Waals surface area contributed by atoms with Crippen molar-refractivity contribution in [2.75, 3.05) is 0 Å². The Labute approximate surface area is 119 Å². The molecule has 0 aliphatic carbocycles. The first-order chi connectivity index (χ1) is 9.47. The maximum absolute atomic E-state index is 11.6. The molecule has 4 heteroatoms. The number of aryl methyl sites for hydroxylation is 1. The predicted octanol–water partition coefficient (Wildman–Crippen LogP) is 3.55. The molecule has 0 bridgehead atoms. The lowest BCUT2D eigenvalue weighted by Gasteiger charge is -2.10. The third-order valence-corrected chi connectivity index (χ3v) is 3.08. The minimum Gasteiger partial charge on any atom is -0.486 e. The van der Waals surface area contributed by atoms with Crippen LogP contribution in [-0.4, -0.2) is 15.6 Å². The zero-order valence-electron chi connectivity index (χ0n) is 12.4. The fourth-order valence-corrected chi connectivity index (χ4v) is 1.93. The van der Waals surface area contributed by atoms with Crippen molar-refractivity contribution in [3.8, 4) is 5.75 Å². The molecule has 20 heavy (non-hydrogen) atoms. The number of rotatable bonds is 5. The fourth-order valence-electron chi connectivity index (χ4n) is 1.93. The van der Waals surface area contributed by atoms with E-state index in [2.05, 4.69) is 18.9 Å². The van der Waals surface area contributed by atoms with E-state index in [4.69, 9.17) is 4.74 Å². The van der Waals surface area contributed by atoms with Gasteiger partial charge in [-0.15, -0.1) is 0 Å². The highest BCUT2D eigenvalue weighted by molar-refractivity contribution is 5.96. The fraction of sp³-hybridized carbons (Fsp3) is 0.375. The molecule has 106 valence electrons. The van der Waals surface area contributed by atoms with Crippen LogP contribution in [0.3, 0.4) is 0 Å². The van der Waals surface area contributed by atoms with Crippen molar-refractivity contribution in [3.05, 3.63) is 47.3 Å². The molecule has 0 saturated carbocycles. The summed E-state index contributed by atoms with van der Waals surface area (Å²) in [5.74, 6) is 0.629. The van der Waals surface area contributed by atoms with Gasteiger partial charge in [0.15, 0.2) is 5.78 Å². The van der Waals surface area contributed by atoms with E-state index in [1.165, 1.54) is 0 Å². The molecule has 2 aromatic rings. The average Bonchev–Trinajstić information content (AvgIpc) is 2.85. The number of Topliss-reactive ketones (excluding diaryl/α,β-unsaturated/α-hetero) is 1. The summed E-state index contributed by atoms with van der Waals surface area (Å²) >= 11 is 0. The van der Waals surface area contributed by atoms with Gasteiger partial charge in [-0.3, -0.25) is 9.48 Å². The van der Waals surface area contributed by atoms with Gasteiger partial charge >= 0.3 is 0 Å². The molecule has 2 rings (SSSR count). The lowest BCUT2D eigenvalue weighted by atomic mass is 10.1. The average molecular weight is 272 g/mol. The molecule has 0 unspecified atom stereocenters. The minimum atomic E-state index is 0.00714. The maximum atomic E-state index is 11.6. The van der Waals surface area contributed by atoms with Crippen LogP contribution in [0.1, 0.15) is 48.4 Å². The normalized spacial score (nSPS) is 10.8. The van der Waals surface area contributed by atoms with Crippen LogP contribution in [0.5, 0.6) is 5.75 Å². The van der Waals surface area contributed by atoms with E-state index in [1.807, 2.05) is 36.0 Å². The van der Waals surface area contributed by atoms with E-state index in [9.17, 15) is 4.79 Å². The smallest absolute Gasteiger partial charge is 0.163 e. The third kappa shape index (κ3) is 3.26. The minimum absolute atomic E-state index is 0.00714. The van der Waals surface area contributed by atoms with Gasteiger partial charge in [0.05, 0.1) is 11.3 Å². The second-order valence-corrected chi connectivity index (χ2v) is 5.23. The SMILES string of the molecule is CC(=O)c1ccc(C)cc1OCc1ccn(C(C)C)n1. The van der Waals surface area contributed by atoms with Gasteiger partial charge < -0.3 is 4.74 Å². The van der Waals surface area contributed by atoms with Crippen LogP contribution in [0.2, 0.25) is 0 Å². The molecule has 0 fully saturated rings. The van der Waals surface area contributed by atoms with Crippen molar-refractivity contribution in [3.63, 3.8) is 0 Å². The van der Waals surface area contributed by atoms with Gasteiger partial charge in [-0.2, -0.15) is 5.10 Å². The summed E-state index contributed by atoms with van der Waals surface area (Å²) in [6.45, 7) is 8.04. The number of nitrogens with zero attached hydrogens (tertiary/aromatic N) is 2.